The standard InChI is InChI=1S/C14H20NO8/c1-6(16)11(20)12-14(22,8(3)18)13(21,7(2)17)10(5-23-12)15-9(4)19/h5,10-12,20-22H,1-4H3,(H,15,19)/t10-,11?,12-,13-,14-/m1/s1. The Bertz CT molecular complexity index is 547. The molecule has 1 amide bonds. The van der Waals surface area contributed by atoms with E-state index in [0.717, 1.165) is 34.3 Å². The van der Waals surface area contributed by atoms with Crippen LogP contribution in [-0.4, -0.2) is 68.0 Å². The van der Waals surface area contributed by atoms with Gasteiger partial charge < -0.3 is 25.4 Å². The van der Waals surface area contributed by atoms with Gasteiger partial charge in [0, 0.05) is 6.92 Å². The van der Waals surface area contributed by atoms with Gasteiger partial charge in [-0.3, -0.25) is 19.2 Å². The molecule has 9 heteroatoms. The summed E-state index contributed by atoms with van der Waals surface area (Å²) in [5.74, 6) is -3.66. The Morgan fingerprint density at radius 1 is 1.04 bits per heavy atom. The molecular formula is C14H20NO8. The third-order valence-electron chi connectivity index (χ3n) is 3.94. The Kier molecular flexibility index (Phi) is 5.42. The molecule has 0 aromatic rings. The number of aliphatic hydroxyl groups excluding tert-OH is 1. The molecule has 1 heterocycles. The van der Waals surface area contributed by atoms with Gasteiger partial charge in [-0.05, 0) is 20.8 Å². The average Bonchev–Trinajstić information content (AvgIpc) is 2.42. The number of hydrogen-bond donors (Lipinski definition) is 4. The second-order valence-electron chi connectivity index (χ2n) is 5.57. The molecule has 1 saturated heterocycles. The van der Waals surface area contributed by atoms with E-state index >= 15 is 0 Å². The summed E-state index contributed by atoms with van der Waals surface area (Å²) in [6, 6.07) is -1.55. The Labute approximate surface area is 132 Å². The maximum Gasteiger partial charge on any atom is 0.217 e. The Morgan fingerprint density at radius 3 is 1.87 bits per heavy atom. The summed E-state index contributed by atoms with van der Waals surface area (Å²) in [4.78, 5) is 46.7. The van der Waals surface area contributed by atoms with E-state index in [1.54, 1.807) is 0 Å². The molecule has 1 aliphatic heterocycles. The lowest BCUT2D eigenvalue weighted by atomic mass is 9.66. The second-order valence-corrected chi connectivity index (χ2v) is 5.57. The third kappa shape index (κ3) is 2.92. The smallest absolute Gasteiger partial charge is 0.217 e. The molecule has 9 nitrogen and oxygen atoms in total. The maximum atomic E-state index is 12.0. The fourth-order valence-corrected chi connectivity index (χ4v) is 2.64. The number of carbonyl (C=O) groups is 4. The van der Waals surface area contributed by atoms with Gasteiger partial charge >= 0.3 is 0 Å². The first-order valence-corrected chi connectivity index (χ1v) is 6.81. The quantitative estimate of drug-likeness (QED) is 0.437. The monoisotopic (exact) mass is 330 g/mol. The van der Waals surface area contributed by atoms with Crippen LogP contribution in [0.15, 0.2) is 0 Å². The zero-order valence-corrected chi connectivity index (χ0v) is 13.2. The van der Waals surface area contributed by atoms with Crippen LogP contribution >= 0.6 is 0 Å². The van der Waals surface area contributed by atoms with Gasteiger partial charge in [0.05, 0.1) is 6.04 Å². The molecular weight excluding hydrogens is 310 g/mol. The summed E-state index contributed by atoms with van der Waals surface area (Å²) < 4.78 is 5.04. The summed E-state index contributed by atoms with van der Waals surface area (Å²) in [6.07, 6.45) is -3.87. The van der Waals surface area contributed by atoms with Crippen molar-refractivity contribution in [2.45, 2.75) is 57.1 Å². The summed E-state index contributed by atoms with van der Waals surface area (Å²) in [5.41, 5.74) is -5.75. The predicted molar refractivity (Wildman–Crippen MR) is 74.7 cm³/mol. The minimum atomic E-state index is -2.94. The summed E-state index contributed by atoms with van der Waals surface area (Å²) in [7, 11) is 0. The van der Waals surface area contributed by atoms with E-state index in [2.05, 4.69) is 5.32 Å². The van der Waals surface area contributed by atoms with Gasteiger partial charge in [-0.2, -0.15) is 0 Å². The Balaban J connectivity index is 3.52. The number of amides is 1. The lowest BCUT2D eigenvalue weighted by Crippen LogP contribution is -2.80. The molecule has 1 rings (SSSR count). The van der Waals surface area contributed by atoms with Crippen LogP contribution in [0.25, 0.3) is 0 Å². The molecule has 5 atom stereocenters. The molecule has 1 radical (unpaired) electrons. The van der Waals surface area contributed by atoms with Gasteiger partial charge in [-0.15, -0.1) is 0 Å². The largest absolute Gasteiger partial charge is 0.382 e. The molecule has 0 spiro atoms. The number of Topliss-reactive ketones (excluding diaryl/α,β-unsaturated/α-hetero) is 3. The molecule has 1 unspecified atom stereocenters. The van der Waals surface area contributed by atoms with E-state index in [-0.39, 0.29) is 0 Å². The first-order chi connectivity index (χ1) is 10.4. The van der Waals surface area contributed by atoms with Crippen molar-refractivity contribution in [3.63, 3.8) is 0 Å². The molecule has 1 aliphatic rings. The van der Waals surface area contributed by atoms with Crippen molar-refractivity contribution in [3.05, 3.63) is 6.61 Å². The van der Waals surface area contributed by atoms with Gasteiger partial charge in [0.15, 0.2) is 28.6 Å². The summed E-state index contributed by atoms with van der Waals surface area (Å²) in [5, 5.41) is 33.6. The zero-order chi connectivity index (χ0) is 18.2. The summed E-state index contributed by atoms with van der Waals surface area (Å²) in [6.45, 7) is 4.66. The number of rotatable bonds is 5. The van der Waals surface area contributed by atoms with Crippen molar-refractivity contribution in [1.82, 2.24) is 5.32 Å². The lowest BCUT2D eigenvalue weighted by Gasteiger charge is -2.52. The van der Waals surface area contributed by atoms with Gasteiger partial charge in [0.1, 0.15) is 18.8 Å². The van der Waals surface area contributed by atoms with Crippen LogP contribution in [0.4, 0.5) is 0 Å². The van der Waals surface area contributed by atoms with Crippen LogP contribution < -0.4 is 5.32 Å². The lowest BCUT2D eigenvalue weighted by molar-refractivity contribution is -0.247. The molecule has 0 aromatic carbocycles. The highest BCUT2D eigenvalue weighted by atomic mass is 16.5. The molecule has 0 bridgehead atoms. The van der Waals surface area contributed by atoms with Crippen LogP contribution in [0, 0.1) is 6.61 Å². The topological polar surface area (TPSA) is 150 Å². The van der Waals surface area contributed by atoms with E-state index in [1.165, 1.54) is 0 Å². The molecule has 0 aromatic heterocycles. The van der Waals surface area contributed by atoms with Gasteiger partial charge in [-0.1, -0.05) is 0 Å². The second kappa shape index (κ2) is 6.44. The number of nitrogens with one attached hydrogen (secondary N) is 1. The average molecular weight is 330 g/mol. The molecule has 129 valence electrons. The van der Waals surface area contributed by atoms with Gasteiger partial charge in [-0.25, -0.2) is 0 Å². The van der Waals surface area contributed by atoms with Gasteiger partial charge in [0.25, 0.3) is 0 Å². The number of carbonyl (C=O) groups excluding carboxylic acids is 4. The van der Waals surface area contributed by atoms with Crippen LogP contribution in [-0.2, 0) is 23.9 Å². The third-order valence-corrected chi connectivity index (χ3v) is 3.94. The Hall–Kier alpha value is -1.68. The minimum Gasteiger partial charge on any atom is -0.382 e. The maximum absolute atomic E-state index is 12.0. The van der Waals surface area contributed by atoms with E-state index in [9.17, 15) is 34.5 Å². The number of ether oxygens (including phenoxy) is 1. The van der Waals surface area contributed by atoms with Crippen LogP contribution in [0.2, 0.25) is 0 Å². The van der Waals surface area contributed by atoms with Crippen molar-refractivity contribution >= 4 is 23.3 Å². The fraction of sp³-hybridized carbons (Fsp3) is 0.643. The highest BCUT2D eigenvalue weighted by molar-refractivity contribution is 6.00. The van der Waals surface area contributed by atoms with Crippen molar-refractivity contribution in [1.29, 1.82) is 0 Å². The molecule has 1 fully saturated rings. The van der Waals surface area contributed by atoms with E-state index < -0.39 is 52.7 Å². The molecule has 4 N–H and O–H groups in total. The fourth-order valence-electron chi connectivity index (χ4n) is 2.64. The zero-order valence-electron chi connectivity index (χ0n) is 13.2. The van der Waals surface area contributed by atoms with Crippen molar-refractivity contribution in [2.24, 2.45) is 0 Å². The highest BCUT2D eigenvalue weighted by Gasteiger charge is 2.69. The van der Waals surface area contributed by atoms with Crippen LogP contribution in [0.3, 0.4) is 0 Å². The minimum absolute atomic E-state index is 0.661. The summed E-state index contributed by atoms with van der Waals surface area (Å²) >= 11 is 0. The molecule has 0 aliphatic carbocycles. The predicted octanol–water partition coefficient (Wildman–Crippen LogP) is -2.36. The van der Waals surface area contributed by atoms with Crippen LogP contribution in [0.1, 0.15) is 27.7 Å². The van der Waals surface area contributed by atoms with Gasteiger partial charge in [0.2, 0.25) is 5.91 Å². The SMILES string of the molecule is CC(=O)N[C@@H]1[CH]O[C@H](C(O)C(C)=O)[C@](O)(C(C)=O)[C@@]1(O)C(C)=O. The molecule has 0 saturated carbocycles. The molecule has 23 heavy (non-hydrogen) atoms. The van der Waals surface area contributed by atoms with E-state index in [4.69, 9.17) is 4.74 Å². The van der Waals surface area contributed by atoms with E-state index in [1.807, 2.05) is 0 Å². The number of aliphatic hydroxyl groups is 3. The normalized spacial score (nSPS) is 35.3. The number of hydrogen-bond acceptors (Lipinski definition) is 8. The van der Waals surface area contributed by atoms with Crippen molar-refractivity contribution in [2.75, 3.05) is 0 Å². The van der Waals surface area contributed by atoms with Crippen molar-refractivity contribution in [3.8, 4) is 0 Å². The Morgan fingerprint density at radius 2 is 1.52 bits per heavy atom. The van der Waals surface area contributed by atoms with Crippen molar-refractivity contribution < 1.29 is 39.2 Å². The van der Waals surface area contributed by atoms with Crippen LogP contribution in [0.5, 0.6) is 0 Å². The first kappa shape index (κ1) is 19.4. The first-order valence-electron chi connectivity index (χ1n) is 6.81. The highest BCUT2D eigenvalue weighted by Crippen LogP contribution is 2.40. The van der Waals surface area contributed by atoms with E-state index in [0.29, 0.717) is 0 Å². The number of ketones is 3.